The zero-order chi connectivity index (χ0) is 16.2. The molecule has 1 atom stereocenters. The van der Waals surface area contributed by atoms with Crippen molar-refractivity contribution in [1.82, 2.24) is 0 Å². The SMILES string of the molecule is COc1ccc2c(c1)OC[C@H](Cc1ccc(CC(N)=O)cc1)C2. The van der Waals surface area contributed by atoms with Gasteiger partial charge in [0.2, 0.25) is 5.91 Å². The van der Waals surface area contributed by atoms with Crippen LogP contribution < -0.4 is 15.2 Å². The Morgan fingerprint density at radius 1 is 1.22 bits per heavy atom. The fourth-order valence-electron chi connectivity index (χ4n) is 3.00. The number of fused-ring (bicyclic) bond motifs is 1. The molecule has 3 rings (SSSR count). The van der Waals surface area contributed by atoms with E-state index < -0.39 is 0 Å². The number of methoxy groups -OCH3 is 1. The highest BCUT2D eigenvalue weighted by molar-refractivity contribution is 5.76. The Morgan fingerprint density at radius 2 is 1.96 bits per heavy atom. The van der Waals surface area contributed by atoms with Crippen LogP contribution in [-0.4, -0.2) is 19.6 Å². The topological polar surface area (TPSA) is 61.6 Å². The van der Waals surface area contributed by atoms with Crippen LogP contribution in [0.15, 0.2) is 42.5 Å². The number of nitrogens with two attached hydrogens (primary N) is 1. The molecule has 0 unspecified atom stereocenters. The summed E-state index contributed by atoms with van der Waals surface area (Å²) >= 11 is 0. The third-order valence-electron chi connectivity index (χ3n) is 4.18. The highest BCUT2D eigenvalue weighted by atomic mass is 16.5. The minimum absolute atomic E-state index is 0.294. The van der Waals surface area contributed by atoms with Crippen molar-refractivity contribution in [2.45, 2.75) is 19.3 Å². The molecule has 0 saturated carbocycles. The van der Waals surface area contributed by atoms with Crippen LogP contribution in [0.5, 0.6) is 11.5 Å². The number of carbonyl (C=O) groups is 1. The quantitative estimate of drug-likeness (QED) is 0.923. The fraction of sp³-hybridized carbons (Fsp3) is 0.316. The smallest absolute Gasteiger partial charge is 0.221 e. The van der Waals surface area contributed by atoms with Gasteiger partial charge in [0.05, 0.1) is 20.1 Å². The summed E-state index contributed by atoms with van der Waals surface area (Å²) in [4.78, 5) is 10.9. The zero-order valence-electron chi connectivity index (χ0n) is 13.2. The van der Waals surface area contributed by atoms with Crippen molar-refractivity contribution in [1.29, 1.82) is 0 Å². The minimum atomic E-state index is -0.300. The van der Waals surface area contributed by atoms with E-state index in [2.05, 4.69) is 18.2 Å². The van der Waals surface area contributed by atoms with Crippen LogP contribution in [0.4, 0.5) is 0 Å². The molecule has 1 aliphatic rings. The van der Waals surface area contributed by atoms with Crippen molar-refractivity contribution >= 4 is 5.91 Å². The maximum Gasteiger partial charge on any atom is 0.221 e. The normalized spacial score (nSPS) is 16.3. The maximum atomic E-state index is 10.9. The molecule has 23 heavy (non-hydrogen) atoms. The van der Waals surface area contributed by atoms with Crippen LogP contribution >= 0.6 is 0 Å². The number of hydrogen-bond acceptors (Lipinski definition) is 3. The molecule has 1 heterocycles. The number of benzene rings is 2. The molecule has 0 spiro atoms. The molecule has 0 bridgehead atoms. The Balaban J connectivity index is 1.64. The van der Waals surface area contributed by atoms with E-state index in [9.17, 15) is 4.79 Å². The standard InChI is InChI=1S/C19H21NO3/c1-22-17-7-6-16-9-15(12-23-18(16)11-17)8-13-2-4-14(5-3-13)10-19(20)21/h2-7,11,15H,8-10,12H2,1H3,(H2,20,21)/t15-/m1/s1. The summed E-state index contributed by atoms with van der Waals surface area (Å²) in [7, 11) is 1.66. The number of amides is 1. The van der Waals surface area contributed by atoms with Gasteiger partial charge in [-0.05, 0) is 35.6 Å². The fourth-order valence-corrected chi connectivity index (χ4v) is 3.00. The summed E-state index contributed by atoms with van der Waals surface area (Å²) in [6.45, 7) is 0.712. The van der Waals surface area contributed by atoms with E-state index in [0.29, 0.717) is 18.9 Å². The lowest BCUT2D eigenvalue weighted by atomic mass is 9.90. The Morgan fingerprint density at radius 3 is 2.65 bits per heavy atom. The molecule has 1 amide bonds. The van der Waals surface area contributed by atoms with Crippen molar-refractivity contribution in [2.24, 2.45) is 11.7 Å². The molecule has 120 valence electrons. The average molecular weight is 311 g/mol. The molecule has 2 aromatic rings. The van der Waals surface area contributed by atoms with Gasteiger partial charge in [-0.25, -0.2) is 0 Å². The maximum absolute atomic E-state index is 10.9. The number of carbonyl (C=O) groups excluding carboxylic acids is 1. The molecule has 0 fully saturated rings. The van der Waals surface area contributed by atoms with E-state index in [0.717, 1.165) is 29.9 Å². The van der Waals surface area contributed by atoms with Gasteiger partial charge in [0, 0.05) is 12.0 Å². The summed E-state index contributed by atoms with van der Waals surface area (Å²) < 4.78 is 11.1. The second-order valence-corrected chi connectivity index (χ2v) is 6.02. The van der Waals surface area contributed by atoms with E-state index in [1.54, 1.807) is 7.11 Å². The molecule has 4 nitrogen and oxygen atoms in total. The summed E-state index contributed by atoms with van der Waals surface area (Å²) in [6.07, 6.45) is 2.26. The highest BCUT2D eigenvalue weighted by Crippen LogP contribution is 2.32. The number of ether oxygens (including phenoxy) is 2. The van der Waals surface area contributed by atoms with Crippen LogP contribution in [0.25, 0.3) is 0 Å². The Bertz CT molecular complexity index is 694. The van der Waals surface area contributed by atoms with Gasteiger partial charge in [0.15, 0.2) is 0 Å². The van der Waals surface area contributed by atoms with E-state index in [1.165, 1.54) is 11.1 Å². The molecular formula is C19H21NO3. The van der Waals surface area contributed by atoms with Gasteiger partial charge < -0.3 is 15.2 Å². The number of rotatable bonds is 5. The molecule has 0 saturated heterocycles. The van der Waals surface area contributed by atoms with Gasteiger partial charge in [-0.3, -0.25) is 4.79 Å². The third-order valence-corrected chi connectivity index (χ3v) is 4.18. The minimum Gasteiger partial charge on any atom is -0.497 e. The van der Waals surface area contributed by atoms with E-state index >= 15 is 0 Å². The second-order valence-electron chi connectivity index (χ2n) is 6.02. The lowest BCUT2D eigenvalue weighted by molar-refractivity contribution is -0.117. The molecule has 4 heteroatoms. The zero-order valence-corrected chi connectivity index (χ0v) is 13.2. The van der Waals surface area contributed by atoms with Crippen molar-refractivity contribution < 1.29 is 14.3 Å². The molecule has 0 radical (unpaired) electrons. The van der Waals surface area contributed by atoms with Crippen LogP contribution in [0.3, 0.4) is 0 Å². The number of primary amides is 1. The summed E-state index contributed by atoms with van der Waals surface area (Å²) in [5.74, 6) is 1.91. The average Bonchev–Trinajstić information content (AvgIpc) is 2.55. The lowest BCUT2D eigenvalue weighted by Gasteiger charge is -2.25. The molecule has 1 aliphatic heterocycles. The first-order valence-electron chi connectivity index (χ1n) is 7.80. The van der Waals surface area contributed by atoms with Gasteiger partial charge in [-0.15, -0.1) is 0 Å². The van der Waals surface area contributed by atoms with E-state index in [-0.39, 0.29) is 5.91 Å². The first-order chi connectivity index (χ1) is 11.1. The molecule has 2 aromatic carbocycles. The van der Waals surface area contributed by atoms with Gasteiger partial charge >= 0.3 is 0 Å². The van der Waals surface area contributed by atoms with Crippen molar-refractivity contribution in [3.63, 3.8) is 0 Å². The van der Waals surface area contributed by atoms with E-state index in [1.807, 2.05) is 24.3 Å². The van der Waals surface area contributed by atoms with Crippen LogP contribution in [-0.2, 0) is 24.1 Å². The Kier molecular flexibility index (Phi) is 4.51. The molecule has 0 aliphatic carbocycles. The Labute approximate surface area is 136 Å². The molecular weight excluding hydrogens is 290 g/mol. The van der Waals surface area contributed by atoms with Gasteiger partial charge in [-0.1, -0.05) is 30.3 Å². The van der Waals surface area contributed by atoms with Crippen LogP contribution in [0.1, 0.15) is 16.7 Å². The molecule has 2 N–H and O–H groups in total. The van der Waals surface area contributed by atoms with Crippen molar-refractivity contribution in [2.75, 3.05) is 13.7 Å². The predicted molar refractivity (Wildman–Crippen MR) is 88.7 cm³/mol. The van der Waals surface area contributed by atoms with Gasteiger partial charge in [0.1, 0.15) is 11.5 Å². The molecule has 0 aromatic heterocycles. The monoisotopic (exact) mass is 311 g/mol. The first-order valence-corrected chi connectivity index (χ1v) is 7.80. The van der Waals surface area contributed by atoms with Gasteiger partial charge in [0.25, 0.3) is 0 Å². The Hall–Kier alpha value is -2.49. The summed E-state index contributed by atoms with van der Waals surface area (Å²) in [6, 6.07) is 14.1. The predicted octanol–water partition coefficient (Wildman–Crippen LogP) is 2.52. The number of hydrogen-bond donors (Lipinski definition) is 1. The van der Waals surface area contributed by atoms with Gasteiger partial charge in [-0.2, -0.15) is 0 Å². The summed E-state index contributed by atoms with van der Waals surface area (Å²) in [5, 5.41) is 0. The van der Waals surface area contributed by atoms with Crippen LogP contribution in [0.2, 0.25) is 0 Å². The highest BCUT2D eigenvalue weighted by Gasteiger charge is 2.20. The largest absolute Gasteiger partial charge is 0.497 e. The summed E-state index contributed by atoms with van der Waals surface area (Å²) in [5.41, 5.74) is 8.65. The van der Waals surface area contributed by atoms with E-state index in [4.69, 9.17) is 15.2 Å². The van der Waals surface area contributed by atoms with Crippen molar-refractivity contribution in [3.8, 4) is 11.5 Å². The lowest BCUT2D eigenvalue weighted by Crippen LogP contribution is -2.22. The van der Waals surface area contributed by atoms with Crippen LogP contribution in [0, 0.1) is 5.92 Å². The second kappa shape index (κ2) is 6.73. The first kappa shape index (κ1) is 15.4. The third kappa shape index (κ3) is 3.83. The van der Waals surface area contributed by atoms with Crippen molar-refractivity contribution in [3.05, 3.63) is 59.2 Å².